The van der Waals surface area contributed by atoms with E-state index in [-0.39, 0.29) is 17.2 Å². The van der Waals surface area contributed by atoms with Gasteiger partial charge in [0.1, 0.15) is 5.69 Å². The molecule has 1 atom stereocenters. The normalized spacial score (nSPS) is 19.5. The number of nitrogens with one attached hydrogen (secondary N) is 1. The van der Waals surface area contributed by atoms with Gasteiger partial charge in [-0.15, -0.1) is 4.91 Å². The van der Waals surface area contributed by atoms with Gasteiger partial charge in [0, 0.05) is 11.1 Å². The van der Waals surface area contributed by atoms with Crippen molar-refractivity contribution < 1.29 is 9.90 Å². The highest BCUT2D eigenvalue weighted by atomic mass is 16.3. The number of nitroso groups, excluding NO2 is 1. The molecule has 0 radical (unpaired) electrons. The summed E-state index contributed by atoms with van der Waals surface area (Å²) >= 11 is 0. The topological polar surface area (TPSA) is 78.8 Å². The number of rotatable bonds is 1. The molecular formula is C8H6N2O3. The average molecular weight is 178 g/mol. The van der Waals surface area contributed by atoms with E-state index in [1.807, 2.05) is 0 Å². The zero-order valence-electron chi connectivity index (χ0n) is 6.52. The van der Waals surface area contributed by atoms with Crippen molar-refractivity contribution in [1.82, 2.24) is 5.32 Å². The van der Waals surface area contributed by atoms with Crippen molar-refractivity contribution in [1.29, 1.82) is 0 Å². The molecule has 0 aliphatic carbocycles. The van der Waals surface area contributed by atoms with Crippen molar-refractivity contribution in [3.05, 3.63) is 34.2 Å². The van der Waals surface area contributed by atoms with Gasteiger partial charge in [0.2, 0.25) is 0 Å². The first-order valence-electron chi connectivity index (χ1n) is 3.69. The Morgan fingerprint density at radius 2 is 2.23 bits per heavy atom. The summed E-state index contributed by atoms with van der Waals surface area (Å²) in [5.74, 6) is -0.381. The lowest BCUT2D eigenvalue weighted by atomic mass is 10.1. The maximum absolute atomic E-state index is 11.1. The van der Waals surface area contributed by atoms with Crippen LogP contribution in [0, 0.1) is 4.91 Å². The van der Waals surface area contributed by atoms with E-state index < -0.39 is 6.23 Å². The van der Waals surface area contributed by atoms with Crippen LogP contribution in [0.15, 0.2) is 23.4 Å². The van der Waals surface area contributed by atoms with Crippen LogP contribution in [0.4, 0.5) is 5.69 Å². The van der Waals surface area contributed by atoms with E-state index in [0.29, 0.717) is 5.56 Å². The maximum Gasteiger partial charge on any atom is 0.254 e. The van der Waals surface area contributed by atoms with Gasteiger partial charge in [0.15, 0.2) is 6.23 Å². The van der Waals surface area contributed by atoms with Gasteiger partial charge in [-0.2, -0.15) is 0 Å². The van der Waals surface area contributed by atoms with Crippen molar-refractivity contribution in [2.75, 3.05) is 0 Å². The predicted molar refractivity (Wildman–Crippen MR) is 44.3 cm³/mol. The number of hydrogen-bond acceptors (Lipinski definition) is 4. The molecule has 2 N–H and O–H groups in total. The number of nitrogens with zero attached hydrogens (tertiary/aromatic N) is 1. The number of aliphatic hydroxyl groups excluding tert-OH is 1. The van der Waals surface area contributed by atoms with Gasteiger partial charge in [-0.05, 0) is 17.3 Å². The molecule has 1 heterocycles. The van der Waals surface area contributed by atoms with Gasteiger partial charge >= 0.3 is 0 Å². The smallest absolute Gasteiger partial charge is 0.254 e. The van der Waals surface area contributed by atoms with Gasteiger partial charge in [-0.1, -0.05) is 6.07 Å². The lowest BCUT2D eigenvalue weighted by Gasteiger charge is -2.02. The molecule has 0 bridgehead atoms. The molecule has 0 saturated heterocycles. The van der Waals surface area contributed by atoms with Crippen LogP contribution in [0.25, 0.3) is 0 Å². The fourth-order valence-corrected chi connectivity index (χ4v) is 1.39. The minimum absolute atomic E-state index is 0.100. The molecule has 1 unspecified atom stereocenters. The number of fused-ring (bicyclic) bond motifs is 1. The fourth-order valence-electron chi connectivity index (χ4n) is 1.39. The predicted octanol–water partition coefficient (Wildman–Crippen LogP) is 0.819. The van der Waals surface area contributed by atoms with Crippen LogP contribution in [-0.4, -0.2) is 11.0 Å². The van der Waals surface area contributed by atoms with E-state index in [1.54, 1.807) is 6.07 Å². The van der Waals surface area contributed by atoms with Crippen molar-refractivity contribution in [3.8, 4) is 0 Å². The second-order valence-electron chi connectivity index (χ2n) is 2.71. The Hall–Kier alpha value is -1.75. The standard InChI is InChI=1S/C8H6N2O3/c11-7-4-2-1-3-5(10-13)6(4)8(12)9-7/h1-3,8,12H,(H,9,11). The van der Waals surface area contributed by atoms with Crippen LogP contribution in [-0.2, 0) is 0 Å². The summed E-state index contributed by atoms with van der Waals surface area (Å²) in [6, 6.07) is 4.54. The second-order valence-corrected chi connectivity index (χ2v) is 2.71. The maximum atomic E-state index is 11.1. The summed E-state index contributed by atoms with van der Waals surface area (Å²) in [5, 5.41) is 14.3. The van der Waals surface area contributed by atoms with Crippen LogP contribution in [0.3, 0.4) is 0 Å². The molecule has 1 aliphatic heterocycles. The lowest BCUT2D eigenvalue weighted by molar-refractivity contribution is 0.0851. The monoisotopic (exact) mass is 178 g/mol. The number of hydrogen-bond donors (Lipinski definition) is 2. The first kappa shape index (κ1) is 7.88. The van der Waals surface area contributed by atoms with Crippen molar-refractivity contribution in [2.24, 2.45) is 5.18 Å². The number of carbonyl (C=O) groups is 1. The second kappa shape index (κ2) is 2.63. The number of benzene rings is 1. The molecule has 0 spiro atoms. The van der Waals surface area contributed by atoms with Crippen molar-refractivity contribution in [3.63, 3.8) is 0 Å². The third-order valence-electron chi connectivity index (χ3n) is 1.97. The van der Waals surface area contributed by atoms with Gasteiger partial charge in [0.25, 0.3) is 5.91 Å². The fraction of sp³-hybridized carbons (Fsp3) is 0.125. The van der Waals surface area contributed by atoms with Gasteiger partial charge < -0.3 is 10.4 Å². The van der Waals surface area contributed by atoms with E-state index >= 15 is 0 Å². The summed E-state index contributed by atoms with van der Waals surface area (Å²) in [5.41, 5.74) is 0.676. The summed E-state index contributed by atoms with van der Waals surface area (Å²) in [4.78, 5) is 21.4. The summed E-state index contributed by atoms with van der Waals surface area (Å²) < 4.78 is 0. The molecule has 5 nitrogen and oxygen atoms in total. The summed E-state index contributed by atoms with van der Waals surface area (Å²) in [6.07, 6.45) is -1.11. The molecule has 1 amide bonds. The van der Waals surface area contributed by atoms with E-state index in [2.05, 4.69) is 10.5 Å². The summed E-state index contributed by atoms with van der Waals surface area (Å²) in [6.45, 7) is 0. The molecule has 2 rings (SSSR count). The van der Waals surface area contributed by atoms with Crippen LogP contribution in [0.2, 0.25) is 0 Å². The first-order valence-corrected chi connectivity index (χ1v) is 3.69. The minimum Gasteiger partial charge on any atom is -0.369 e. The molecule has 1 aromatic carbocycles. The van der Waals surface area contributed by atoms with Crippen molar-refractivity contribution >= 4 is 11.6 Å². The van der Waals surface area contributed by atoms with Gasteiger partial charge in [-0.25, -0.2) is 0 Å². The van der Waals surface area contributed by atoms with Gasteiger partial charge in [0.05, 0.1) is 0 Å². The molecule has 0 aromatic heterocycles. The highest BCUT2D eigenvalue weighted by Crippen LogP contribution is 2.31. The molecule has 13 heavy (non-hydrogen) atoms. The quantitative estimate of drug-likeness (QED) is 0.625. The molecule has 0 saturated carbocycles. The number of aliphatic hydroxyl groups is 1. The molecule has 1 aliphatic rings. The number of carbonyl (C=O) groups excluding carboxylic acids is 1. The van der Waals surface area contributed by atoms with Crippen LogP contribution in [0.5, 0.6) is 0 Å². The molecular weight excluding hydrogens is 172 g/mol. The zero-order valence-corrected chi connectivity index (χ0v) is 6.52. The minimum atomic E-state index is -1.11. The van der Waals surface area contributed by atoms with Crippen LogP contribution >= 0.6 is 0 Å². The molecule has 0 fully saturated rings. The zero-order chi connectivity index (χ0) is 9.42. The van der Waals surface area contributed by atoms with E-state index in [4.69, 9.17) is 0 Å². The van der Waals surface area contributed by atoms with E-state index in [9.17, 15) is 14.8 Å². The Morgan fingerprint density at radius 3 is 2.92 bits per heavy atom. The molecule has 1 aromatic rings. The first-order chi connectivity index (χ1) is 6.24. The Balaban J connectivity index is 2.68. The Bertz CT molecular complexity index is 389. The van der Waals surface area contributed by atoms with E-state index in [0.717, 1.165) is 0 Å². The highest BCUT2D eigenvalue weighted by molar-refractivity contribution is 6.00. The van der Waals surface area contributed by atoms with E-state index in [1.165, 1.54) is 12.1 Å². The van der Waals surface area contributed by atoms with Gasteiger partial charge in [-0.3, -0.25) is 4.79 Å². The van der Waals surface area contributed by atoms with Crippen LogP contribution < -0.4 is 5.32 Å². The third kappa shape index (κ3) is 1.01. The Morgan fingerprint density at radius 1 is 1.46 bits per heavy atom. The molecule has 66 valence electrons. The lowest BCUT2D eigenvalue weighted by Crippen LogP contribution is -2.18. The largest absolute Gasteiger partial charge is 0.369 e. The van der Waals surface area contributed by atoms with Crippen LogP contribution in [0.1, 0.15) is 22.1 Å². The molecule has 5 heteroatoms. The Labute approximate surface area is 73.4 Å². The Kier molecular flexibility index (Phi) is 1.60. The van der Waals surface area contributed by atoms with Crippen molar-refractivity contribution in [2.45, 2.75) is 6.23 Å². The number of amides is 1. The summed E-state index contributed by atoms with van der Waals surface area (Å²) in [7, 11) is 0. The third-order valence-corrected chi connectivity index (χ3v) is 1.97. The average Bonchev–Trinajstić information content (AvgIpc) is 2.43. The highest BCUT2D eigenvalue weighted by Gasteiger charge is 2.29. The SMILES string of the molecule is O=Nc1cccc2c1C(O)NC2=O.